The van der Waals surface area contributed by atoms with E-state index in [9.17, 15) is 10.1 Å². The van der Waals surface area contributed by atoms with Crippen LogP contribution in [0.2, 0.25) is 4.47 Å². The fraction of sp³-hybridized carbons (Fsp3) is 0.200. The van der Waals surface area contributed by atoms with E-state index in [1.165, 1.54) is 17.4 Å². The average molecular weight is 286 g/mol. The Bertz CT molecular complexity index is 587. The number of hydrogen-bond donors (Lipinski definition) is 0. The Morgan fingerprint density at radius 2 is 2.28 bits per heavy atom. The molecule has 0 aliphatic heterocycles. The van der Waals surface area contributed by atoms with E-state index in [-0.39, 0.29) is 12.3 Å². The van der Waals surface area contributed by atoms with Crippen LogP contribution in [0.5, 0.6) is 5.75 Å². The van der Waals surface area contributed by atoms with E-state index in [1.54, 1.807) is 19.1 Å². The van der Waals surface area contributed by atoms with Crippen LogP contribution in [0, 0.1) is 17.0 Å². The van der Waals surface area contributed by atoms with Crippen LogP contribution in [0.25, 0.3) is 0 Å². The summed E-state index contributed by atoms with van der Waals surface area (Å²) in [5.74, 6) is 0.454. The molecule has 0 aliphatic carbocycles. The second-order valence-corrected chi connectivity index (χ2v) is 5.04. The summed E-state index contributed by atoms with van der Waals surface area (Å²) in [6, 6.07) is 4.68. The molecule has 0 radical (unpaired) electrons. The standard InChI is InChI=1S/C10H8ClN3O3S/c1-6-7(14(15)16)3-2-4-8(6)17-5-9-12-13-10(11)18-9/h2-4H,5H2,1H3. The molecule has 0 fully saturated rings. The molecule has 0 unspecified atom stereocenters. The highest BCUT2D eigenvalue weighted by Gasteiger charge is 2.14. The zero-order valence-electron chi connectivity index (χ0n) is 9.29. The summed E-state index contributed by atoms with van der Waals surface area (Å²) in [7, 11) is 0. The van der Waals surface area contributed by atoms with Gasteiger partial charge in [-0.25, -0.2) is 0 Å². The molecular formula is C10H8ClN3O3S. The molecular weight excluding hydrogens is 278 g/mol. The first-order valence-electron chi connectivity index (χ1n) is 4.92. The van der Waals surface area contributed by atoms with Gasteiger partial charge in [0.05, 0.1) is 10.5 Å². The lowest BCUT2D eigenvalue weighted by Crippen LogP contribution is -1.99. The first kappa shape index (κ1) is 12.7. The van der Waals surface area contributed by atoms with E-state index >= 15 is 0 Å². The average Bonchev–Trinajstić information content (AvgIpc) is 2.73. The molecule has 1 heterocycles. The number of hydrogen-bond acceptors (Lipinski definition) is 6. The fourth-order valence-electron chi connectivity index (χ4n) is 1.39. The monoisotopic (exact) mass is 285 g/mol. The van der Waals surface area contributed by atoms with Gasteiger partial charge in [0.2, 0.25) is 4.47 Å². The van der Waals surface area contributed by atoms with Crippen LogP contribution in [0.1, 0.15) is 10.6 Å². The summed E-state index contributed by atoms with van der Waals surface area (Å²) in [6.07, 6.45) is 0. The van der Waals surface area contributed by atoms with Crippen molar-refractivity contribution in [2.45, 2.75) is 13.5 Å². The van der Waals surface area contributed by atoms with Gasteiger partial charge >= 0.3 is 0 Å². The molecule has 94 valence electrons. The summed E-state index contributed by atoms with van der Waals surface area (Å²) < 4.78 is 5.81. The zero-order chi connectivity index (χ0) is 13.1. The Kier molecular flexibility index (Phi) is 3.73. The van der Waals surface area contributed by atoms with Gasteiger partial charge in [-0.2, -0.15) is 0 Å². The van der Waals surface area contributed by atoms with Crippen LogP contribution in [-0.2, 0) is 6.61 Å². The number of benzene rings is 1. The van der Waals surface area contributed by atoms with Crippen molar-refractivity contribution in [2.24, 2.45) is 0 Å². The highest BCUT2D eigenvalue weighted by atomic mass is 35.5. The molecule has 0 aliphatic rings. The number of nitrogens with zero attached hydrogens (tertiary/aromatic N) is 3. The van der Waals surface area contributed by atoms with E-state index < -0.39 is 4.92 Å². The Morgan fingerprint density at radius 3 is 2.89 bits per heavy atom. The van der Waals surface area contributed by atoms with Crippen molar-refractivity contribution < 1.29 is 9.66 Å². The SMILES string of the molecule is Cc1c(OCc2nnc(Cl)s2)cccc1[N+](=O)[O-]. The van der Waals surface area contributed by atoms with Gasteiger partial charge in [0, 0.05) is 6.07 Å². The van der Waals surface area contributed by atoms with Gasteiger partial charge in [0.15, 0.2) is 5.01 Å². The number of nitro groups is 1. The van der Waals surface area contributed by atoms with Crippen LogP contribution in [0.15, 0.2) is 18.2 Å². The molecule has 1 aromatic carbocycles. The minimum atomic E-state index is -0.440. The van der Waals surface area contributed by atoms with Gasteiger partial charge in [-0.15, -0.1) is 10.2 Å². The van der Waals surface area contributed by atoms with Crippen LogP contribution >= 0.6 is 22.9 Å². The zero-order valence-corrected chi connectivity index (χ0v) is 10.9. The van der Waals surface area contributed by atoms with Gasteiger partial charge in [0.1, 0.15) is 12.4 Å². The number of rotatable bonds is 4. The maximum Gasteiger partial charge on any atom is 0.276 e. The molecule has 1 aromatic heterocycles. The third-order valence-electron chi connectivity index (χ3n) is 2.25. The second-order valence-electron chi connectivity index (χ2n) is 3.39. The normalized spacial score (nSPS) is 10.3. The third kappa shape index (κ3) is 2.74. The second kappa shape index (κ2) is 5.28. The van der Waals surface area contributed by atoms with Gasteiger partial charge in [0.25, 0.3) is 5.69 Å². The Hall–Kier alpha value is -1.73. The lowest BCUT2D eigenvalue weighted by molar-refractivity contribution is -0.385. The summed E-state index contributed by atoms with van der Waals surface area (Å²) in [5.41, 5.74) is 0.515. The first-order chi connectivity index (χ1) is 8.58. The predicted molar refractivity (Wildman–Crippen MR) is 67.1 cm³/mol. The fourth-order valence-corrected chi connectivity index (χ4v) is 2.17. The lowest BCUT2D eigenvalue weighted by Gasteiger charge is -2.07. The van der Waals surface area contributed by atoms with Gasteiger partial charge in [-0.05, 0) is 24.6 Å². The highest BCUT2D eigenvalue weighted by Crippen LogP contribution is 2.28. The molecule has 0 saturated carbocycles. The van der Waals surface area contributed by atoms with Crippen molar-refractivity contribution in [1.29, 1.82) is 0 Å². The Labute approximate surface area is 111 Å². The van der Waals surface area contributed by atoms with Crippen molar-refractivity contribution >= 4 is 28.6 Å². The molecule has 0 spiro atoms. The maximum atomic E-state index is 10.8. The Balaban J connectivity index is 2.14. The van der Waals surface area contributed by atoms with E-state index in [0.29, 0.717) is 20.8 Å². The number of nitro benzene ring substituents is 1. The van der Waals surface area contributed by atoms with E-state index in [2.05, 4.69) is 10.2 Å². The van der Waals surface area contributed by atoms with E-state index in [0.717, 1.165) is 0 Å². The molecule has 8 heteroatoms. The first-order valence-corrected chi connectivity index (χ1v) is 6.12. The molecule has 18 heavy (non-hydrogen) atoms. The van der Waals surface area contributed by atoms with Crippen molar-refractivity contribution in [2.75, 3.05) is 0 Å². The number of aromatic nitrogens is 2. The van der Waals surface area contributed by atoms with Gasteiger partial charge < -0.3 is 4.74 Å². The summed E-state index contributed by atoms with van der Waals surface area (Å²) in [4.78, 5) is 10.3. The molecule has 0 amide bonds. The van der Waals surface area contributed by atoms with Crippen molar-refractivity contribution in [1.82, 2.24) is 10.2 Å². The maximum absolute atomic E-state index is 10.8. The van der Waals surface area contributed by atoms with Crippen LogP contribution in [0.3, 0.4) is 0 Å². The minimum absolute atomic E-state index is 0.0304. The molecule has 0 N–H and O–H groups in total. The molecule has 6 nitrogen and oxygen atoms in total. The van der Waals surface area contributed by atoms with Gasteiger partial charge in [-0.1, -0.05) is 17.4 Å². The number of halogens is 1. The van der Waals surface area contributed by atoms with E-state index in [1.807, 2.05) is 0 Å². The summed E-state index contributed by atoms with van der Waals surface area (Å²) >= 11 is 6.85. The van der Waals surface area contributed by atoms with Crippen molar-refractivity contribution in [3.63, 3.8) is 0 Å². The van der Waals surface area contributed by atoms with E-state index in [4.69, 9.17) is 16.3 Å². The number of ether oxygens (including phenoxy) is 1. The Morgan fingerprint density at radius 1 is 1.50 bits per heavy atom. The smallest absolute Gasteiger partial charge is 0.276 e. The molecule has 0 atom stereocenters. The molecule has 2 rings (SSSR count). The lowest BCUT2D eigenvalue weighted by atomic mass is 10.2. The largest absolute Gasteiger partial charge is 0.486 e. The minimum Gasteiger partial charge on any atom is -0.486 e. The van der Waals surface area contributed by atoms with Gasteiger partial charge in [-0.3, -0.25) is 10.1 Å². The highest BCUT2D eigenvalue weighted by molar-refractivity contribution is 7.15. The van der Waals surface area contributed by atoms with Crippen LogP contribution in [0.4, 0.5) is 5.69 Å². The molecule has 2 aromatic rings. The predicted octanol–water partition coefficient (Wildman–Crippen LogP) is 2.99. The van der Waals surface area contributed by atoms with Crippen LogP contribution in [-0.4, -0.2) is 15.1 Å². The topological polar surface area (TPSA) is 78.2 Å². The molecule has 0 bridgehead atoms. The van der Waals surface area contributed by atoms with Crippen molar-refractivity contribution in [3.8, 4) is 5.75 Å². The summed E-state index contributed by atoms with van der Waals surface area (Å²) in [5, 5.41) is 18.8. The van der Waals surface area contributed by atoms with Crippen molar-refractivity contribution in [3.05, 3.63) is 43.4 Å². The third-order valence-corrected chi connectivity index (χ3v) is 3.24. The molecule has 0 saturated heterocycles. The quantitative estimate of drug-likeness (QED) is 0.637. The van der Waals surface area contributed by atoms with Crippen LogP contribution < -0.4 is 4.74 Å². The summed E-state index contributed by atoms with van der Waals surface area (Å²) in [6.45, 7) is 1.83.